The van der Waals surface area contributed by atoms with Gasteiger partial charge in [0.2, 0.25) is 5.91 Å². The molecule has 3 heterocycles. The standard InChI is InChI=1S/C26H30N4O3S/c31-22(11-13-27-16-18-6-2-1-3-7-18)29-14-12-21-23(26(29)34)25(32)30(17-20-10-5-15-33-20)24(28-21)19-8-4-9-19/h1-3,5-7,10,15,19,26-27,34H,4,8-9,11-14,16-17H2. The lowest BCUT2D eigenvalue weighted by Gasteiger charge is -2.35. The summed E-state index contributed by atoms with van der Waals surface area (Å²) in [6.45, 7) is 2.15. The average Bonchev–Trinajstić information content (AvgIpc) is 3.32. The second-order valence-electron chi connectivity index (χ2n) is 9.05. The Hall–Kier alpha value is -2.84. The van der Waals surface area contributed by atoms with Gasteiger partial charge in [-0.05, 0) is 30.5 Å². The quantitative estimate of drug-likeness (QED) is 0.382. The van der Waals surface area contributed by atoms with Gasteiger partial charge >= 0.3 is 0 Å². The van der Waals surface area contributed by atoms with Gasteiger partial charge in [-0.2, -0.15) is 0 Å². The molecule has 1 aromatic carbocycles. The third-order valence-electron chi connectivity index (χ3n) is 6.83. The summed E-state index contributed by atoms with van der Waals surface area (Å²) in [5, 5.41) is 2.73. The van der Waals surface area contributed by atoms with Crippen LogP contribution in [0, 0.1) is 0 Å². The Kier molecular flexibility index (Phi) is 6.87. The van der Waals surface area contributed by atoms with Crippen LogP contribution in [0.25, 0.3) is 0 Å². The van der Waals surface area contributed by atoms with E-state index in [-0.39, 0.29) is 11.5 Å². The van der Waals surface area contributed by atoms with Gasteiger partial charge < -0.3 is 14.6 Å². The molecule has 1 fully saturated rings. The van der Waals surface area contributed by atoms with Crippen molar-refractivity contribution in [2.45, 2.75) is 56.5 Å². The Bertz CT molecular complexity index is 1190. The number of fused-ring (bicyclic) bond motifs is 1. The van der Waals surface area contributed by atoms with Crippen LogP contribution in [0.1, 0.15) is 65.4 Å². The molecule has 2 aliphatic rings. The van der Waals surface area contributed by atoms with Gasteiger partial charge in [-0.1, -0.05) is 36.8 Å². The predicted molar refractivity (Wildman–Crippen MR) is 133 cm³/mol. The van der Waals surface area contributed by atoms with Gasteiger partial charge in [-0.15, -0.1) is 12.6 Å². The number of rotatable bonds is 8. The van der Waals surface area contributed by atoms with Crippen LogP contribution in [0.3, 0.4) is 0 Å². The molecule has 5 rings (SSSR count). The zero-order valence-electron chi connectivity index (χ0n) is 19.2. The molecule has 2 aromatic heterocycles. The van der Waals surface area contributed by atoms with Gasteiger partial charge in [0.15, 0.2) is 0 Å². The Labute approximate surface area is 204 Å². The van der Waals surface area contributed by atoms with Gasteiger partial charge in [0, 0.05) is 38.4 Å². The van der Waals surface area contributed by atoms with E-state index >= 15 is 0 Å². The monoisotopic (exact) mass is 478 g/mol. The van der Waals surface area contributed by atoms with Crippen LogP contribution in [0.2, 0.25) is 0 Å². The molecule has 0 radical (unpaired) electrons. The fraction of sp³-hybridized carbons (Fsp3) is 0.423. The molecule has 1 saturated carbocycles. The minimum absolute atomic E-state index is 0.00809. The smallest absolute Gasteiger partial charge is 0.260 e. The average molecular weight is 479 g/mol. The number of carbonyl (C=O) groups excluding carboxylic acids is 1. The minimum atomic E-state index is -0.594. The van der Waals surface area contributed by atoms with Gasteiger partial charge in [0.25, 0.3) is 5.56 Å². The number of nitrogens with zero attached hydrogens (tertiary/aromatic N) is 3. The first-order chi connectivity index (χ1) is 16.6. The summed E-state index contributed by atoms with van der Waals surface area (Å²) in [7, 11) is 0. The molecular formula is C26H30N4O3S. The number of benzene rings is 1. The molecule has 8 heteroatoms. The van der Waals surface area contributed by atoms with E-state index in [4.69, 9.17) is 22.0 Å². The second-order valence-corrected chi connectivity index (χ2v) is 9.54. The highest BCUT2D eigenvalue weighted by molar-refractivity contribution is 7.80. The molecule has 1 unspecified atom stereocenters. The lowest BCUT2D eigenvalue weighted by molar-refractivity contribution is -0.132. The van der Waals surface area contributed by atoms with E-state index in [1.54, 1.807) is 15.7 Å². The number of thiol groups is 1. The van der Waals surface area contributed by atoms with Gasteiger partial charge in [0.1, 0.15) is 17.0 Å². The van der Waals surface area contributed by atoms with Crippen molar-refractivity contribution < 1.29 is 9.21 Å². The van der Waals surface area contributed by atoms with Crippen molar-refractivity contribution in [3.8, 4) is 0 Å². The normalized spacial score (nSPS) is 17.9. The molecule has 3 aromatic rings. The minimum Gasteiger partial charge on any atom is -0.467 e. The Morgan fingerprint density at radius 1 is 1.18 bits per heavy atom. The van der Waals surface area contributed by atoms with Crippen molar-refractivity contribution in [2.24, 2.45) is 0 Å². The molecule has 34 heavy (non-hydrogen) atoms. The fourth-order valence-electron chi connectivity index (χ4n) is 4.70. The second kappa shape index (κ2) is 10.2. The van der Waals surface area contributed by atoms with E-state index in [0.29, 0.717) is 56.3 Å². The molecule has 1 N–H and O–H groups in total. The fourth-order valence-corrected chi connectivity index (χ4v) is 5.21. The van der Waals surface area contributed by atoms with E-state index in [1.807, 2.05) is 30.3 Å². The lowest BCUT2D eigenvalue weighted by atomic mass is 9.84. The SMILES string of the molecule is O=C(CCNCc1ccccc1)N1CCc2nc(C3CCC3)n(Cc3ccco3)c(=O)c2C1S. The first-order valence-corrected chi connectivity index (χ1v) is 12.5. The maximum absolute atomic E-state index is 13.7. The summed E-state index contributed by atoms with van der Waals surface area (Å²) in [6, 6.07) is 13.8. The molecule has 1 atom stereocenters. The summed E-state index contributed by atoms with van der Waals surface area (Å²) in [5.74, 6) is 1.86. The van der Waals surface area contributed by atoms with Crippen molar-refractivity contribution in [1.29, 1.82) is 0 Å². The molecule has 0 spiro atoms. The topological polar surface area (TPSA) is 80.4 Å². The Morgan fingerprint density at radius 2 is 2.00 bits per heavy atom. The number of hydrogen-bond acceptors (Lipinski definition) is 6. The van der Waals surface area contributed by atoms with E-state index in [0.717, 1.165) is 30.8 Å². The van der Waals surface area contributed by atoms with E-state index < -0.39 is 5.37 Å². The summed E-state index contributed by atoms with van der Waals surface area (Å²) < 4.78 is 7.25. The molecule has 178 valence electrons. The van der Waals surface area contributed by atoms with Crippen LogP contribution in [0.5, 0.6) is 0 Å². The summed E-state index contributed by atoms with van der Waals surface area (Å²) >= 11 is 4.74. The molecule has 1 aliphatic heterocycles. The van der Waals surface area contributed by atoms with E-state index in [9.17, 15) is 9.59 Å². The molecular weight excluding hydrogens is 448 g/mol. The first-order valence-electron chi connectivity index (χ1n) is 12.0. The molecule has 0 bridgehead atoms. The van der Waals surface area contributed by atoms with Crippen LogP contribution in [-0.2, 0) is 24.3 Å². The number of amides is 1. The summed E-state index contributed by atoms with van der Waals surface area (Å²) in [4.78, 5) is 33.3. The molecule has 1 amide bonds. The number of nitrogens with one attached hydrogen (secondary N) is 1. The maximum Gasteiger partial charge on any atom is 0.260 e. The molecule has 0 saturated heterocycles. The Morgan fingerprint density at radius 3 is 2.71 bits per heavy atom. The van der Waals surface area contributed by atoms with Crippen molar-refractivity contribution in [3.05, 3.63) is 87.5 Å². The van der Waals surface area contributed by atoms with Crippen molar-refractivity contribution in [3.63, 3.8) is 0 Å². The largest absolute Gasteiger partial charge is 0.467 e. The van der Waals surface area contributed by atoms with Crippen LogP contribution in [0.15, 0.2) is 57.9 Å². The lowest BCUT2D eigenvalue weighted by Crippen LogP contribution is -2.44. The van der Waals surface area contributed by atoms with E-state index in [1.165, 1.54) is 5.56 Å². The number of carbonyl (C=O) groups is 1. The van der Waals surface area contributed by atoms with Crippen LogP contribution in [0.4, 0.5) is 0 Å². The highest BCUT2D eigenvalue weighted by atomic mass is 32.1. The third-order valence-corrected chi connectivity index (χ3v) is 7.36. The molecule has 1 aliphatic carbocycles. The summed E-state index contributed by atoms with van der Waals surface area (Å²) in [6.07, 6.45) is 5.80. The van der Waals surface area contributed by atoms with Crippen LogP contribution < -0.4 is 10.9 Å². The number of furan rings is 1. The predicted octanol–water partition coefficient (Wildman–Crippen LogP) is 3.65. The maximum atomic E-state index is 13.7. The van der Waals surface area contributed by atoms with Gasteiger partial charge in [0.05, 0.1) is 24.1 Å². The molecule has 7 nitrogen and oxygen atoms in total. The van der Waals surface area contributed by atoms with Crippen molar-refractivity contribution in [2.75, 3.05) is 13.1 Å². The number of aromatic nitrogens is 2. The van der Waals surface area contributed by atoms with Gasteiger partial charge in [-0.25, -0.2) is 4.98 Å². The summed E-state index contributed by atoms with van der Waals surface area (Å²) in [5.41, 5.74) is 2.38. The van der Waals surface area contributed by atoms with Gasteiger partial charge in [-0.3, -0.25) is 14.2 Å². The number of hydrogen-bond donors (Lipinski definition) is 2. The highest BCUT2D eigenvalue weighted by Gasteiger charge is 2.35. The van der Waals surface area contributed by atoms with Crippen LogP contribution >= 0.6 is 12.6 Å². The van der Waals surface area contributed by atoms with Crippen LogP contribution in [-0.4, -0.2) is 33.4 Å². The van der Waals surface area contributed by atoms with Crippen molar-refractivity contribution >= 4 is 18.5 Å². The van der Waals surface area contributed by atoms with E-state index in [2.05, 4.69) is 17.4 Å². The third kappa shape index (κ3) is 4.70. The van der Waals surface area contributed by atoms with Crippen molar-refractivity contribution in [1.82, 2.24) is 19.8 Å². The zero-order chi connectivity index (χ0) is 23.5. The first kappa shape index (κ1) is 22.9. The Balaban J connectivity index is 1.32. The zero-order valence-corrected chi connectivity index (χ0v) is 20.0. The highest BCUT2D eigenvalue weighted by Crippen LogP contribution is 2.37.